The second-order valence-corrected chi connectivity index (χ2v) is 7.49. The molecule has 0 radical (unpaired) electrons. The van der Waals surface area contributed by atoms with Gasteiger partial charge in [0.25, 0.3) is 0 Å². The fourth-order valence-corrected chi connectivity index (χ4v) is 4.20. The maximum absolute atomic E-state index is 11.1. The van der Waals surface area contributed by atoms with Crippen LogP contribution in [0.2, 0.25) is 5.02 Å². The number of halogens is 1. The molecule has 2 heterocycles. The quantitative estimate of drug-likeness (QED) is 0.839. The monoisotopic (exact) mass is 366 g/mol. The number of morpholine rings is 1. The number of hydrogen-bond acceptors (Lipinski definition) is 4. The molecule has 0 aliphatic carbocycles. The van der Waals surface area contributed by atoms with Crippen LogP contribution < -0.4 is 0 Å². The molecular formula is C19H27ClN2O3. The zero-order valence-corrected chi connectivity index (χ0v) is 15.3. The summed E-state index contributed by atoms with van der Waals surface area (Å²) in [6, 6.07) is 8.48. The third kappa shape index (κ3) is 5.42. The number of piperidine rings is 1. The van der Waals surface area contributed by atoms with Gasteiger partial charge in [0, 0.05) is 43.7 Å². The highest BCUT2D eigenvalue weighted by Crippen LogP contribution is 2.28. The number of benzene rings is 1. The van der Waals surface area contributed by atoms with Gasteiger partial charge >= 0.3 is 5.97 Å². The highest BCUT2D eigenvalue weighted by Gasteiger charge is 2.34. The lowest BCUT2D eigenvalue weighted by molar-refractivity contribution is -0.137. The van der Waals surface area contributed by atoms with E-state index in [0.29, 0.717) is 12.0 Å². The Bertz CT molecular complexity index is 560. The Kier molecular flexibility index (Phi) is 6.70. The van der Waals surface area contributed by atoms with E-state index in [2.05, 4.69) is 21.9 Å². The van der Waals surface area contributed by atoms with Crippen LogP contribution in [0.3, 0.4) is 0 Å². The van der Waals surface area contributed by atoms with Crippen LogP contribution in [-0.4, -0.2) is 66.3 Å². The molecule has 2 aliphatic rings. The van der Waals surface area contributed by atoms with E-state index < -0.39 is 5.97 Å². The molecule has 0 aromatic heterocycles. The number of nitrogens with zero attached hydrogens (tertiary/aromatic N) is 2. The molecule has 25 heavy (non-hydrogen) atoms. The number of ether oxygens (including phenoxy) is 1. The second kappa shape index (κ2) is 8.99. The molecule has 0 amide bonds. The van der Waals surface area contributed by atoms with E-state index in [1.165, 1.54) is 5.56 Å². The summed E-state index contributed by atoms with van der Waals surface area (Å²) < 4.78 is 5.48. The summed E-state index contributed by atoms with van der Waals surface area (Å²) in [4.78, 5) is 16.0. The highest BCUT2D eigenvalue weighted by atomic mass is 35.5. The van der Waals surface area contributed by atoms with Crippen LogP contribution in [0.4, 0.5) is 0 Å². The predicted molar refractivity (Wildman–Crippen MR) is 97.9 cm³/mol. The molecule has 6 heteroatoms. The molecule has 2 atom stereocenters. The Morgan fingerprint density at radius 2 is 1.92 bits per heavy atom. The smallest absolute Gasteiger partial charge is 0.303 e. The Morgan fingerprint density at radius 3 is 2.60 bits per heavy atom. The largest absolute Gasteiger partial charge is 0.481 e. The van der Waals surface area contributed by atoms with Gasteiger partial charge in [-0.25, -0.2) is 0 Å². The lowest BCUT2D eigenvalue weighted by Gasteiger charge is -2.45. The van der Waals surface area contributed by atoms with Crippen molar-refractivity contribution in [2.75, 3.05) is 39.4 Å². The number of carboxylic acids is 1. The van der Waals surface area contributed by atoms with Crippen molar-refractivity contribution in [2.45, 2.75) is 31.8 Å². The first-order valence-electron chi connectivity index (χ1n) is 9.12. The van der Waals surface area contributed by atoms with Crippen molar-refractivity contribution in [3.05, 3.63) is 34.9 Å². The van der Waals surface area contributed by atoms with Gasteiger partial charge in [0.2, 0.25) is 0 Å². The van der Waals surface area contributed by atoms with E-state index in [1.807, 2.05) is 12.1 Å². The average Bonchev–Trinajstić information content (AvgIpc) is 2.63. The van der Waals surface area contributed by atoms with Crippen LogP contribution in [0, 0.1) is 5.92 Å². The maximum Gasteiger partial charge on any atom is 0.303 e. The van der Waals surface area contributed by atoms with Crippen LogP contribution >= 0.6 is 11.6 Å². The van der Waals surface area contributed by atoms with Gasteiger partial charge < -0.3 is 9.84 Å². The van der Waals surface area contributed by atoms with Gasteiger partial charge in [-0.15, -0.1) is 0 Å². The van der Waals surface area contributed by atoms with Crippen LogP contribution in [0.25, 0.3) is 0 Å². The molecule has 1 aromatic carbocycles. The lowest BCUT2D eigenvalue weighted by Crippen LogP contribution is -2.53. The van der Waals surface area contributed by atoms with E-state index in [4.69, 9.17) is 21.4 Å². The summed E-state index contributed by atoms with van der Waals surface area (Å²) in [6.45, 7) is 6.41. The molecular weight excluding hydrogens is 340 g/mol. The molecule has 2 aliphatic heterocycles. The highest BCUT2D eigenvalue weighted by molar-refractivity contribution is 6.30. The van der Waals surface area contributed by atoms with Crippen molar-refractivity contribution in [1.82, 2.24) is 9.80 Å². The summed E-state index contributed by atoms with van der Waals surface area (Å²) in [5.41, 5.74) is 1.26. The summed E-state index contributed by atoms with van der Waals surface area (Å²) in [7, 11) is 0. The molecule has 5 nitrogen and oxygen atoms in total. The Balaban J connectivity index is 1.62. The van der Waals surface area contributed by atoms with Crippen LogP contribution in [-0.2, 0) is 16.1 Å². The molecule has 2 saturated heterocycles. The first-order chi connectivity index (χ1) is 12.1. The van der Waals surface area contributed by atoms with Crippen molar-refractivity contribution >= 4 is 17.6 Å². The summed E-state index contributed by atoms with van der Waals surface area (Å²) in [5.74, 6) is -0.300. The number of hydrogen-bond donors (Lipinski definition) is 1. The lowest BCUT2D eigenvalue weighted by atomic mass is 9.86. The minimum atomic E-state index is -0.699. The van der Waals surface area contributed by atoms with Gasteiger partial charge in [-0.05, 0) is 43.0 Å². The SMILES string of the molecule is O=C(O)CC[C@@H]1CN(Cc2ccc(Cl)cc2)CC[C@@H]1N1CCOCC1. The molecule has 0 unspecified atom stereocenters. The molecule has 138 valence electrons. The van der Waals surface area contributed by atoms with Crippen molar-refractivity contribution < 1.29 is 14.6 Å². The summed E-state index contributed by atoms with van der Waals surface area (Å²) in [5, 5.41) is 9.87. The number of carbonyl (C=O) groups is 1. The van der Waals surface area contributed by atoms with Gasteiger partial charge in [-0.1, -0.05) is 23.7 Å². The van der Waals surface area contributed by atoms with Crippen molar-refractivity contribution in [3.63, 3.8) is 0 Å². The fourth-order valence-electron chi connectivity index (χ4n) is 4.07. The average molecular weight is 367 g/mol. The van der Waals surface area contributed by atoms with Gasteiger partial charge in [-0.2, -0.15) is 0 Å². The van der Waals surface area contributed by atoms with Gasteiger partial charge in [-0.3, -0.25) is 14.6 Å². The molecule has 0 saturated carbocycles. The van der Waals surface area contributed by atoms with E-state index in [-0.39, 0.29) is 6.42 Å². The minimum absolute atomic E-state index is 0.250. The summed E-state index contributed by atoms with van der Waals surface area (Å²) in [6.07, 6.45) is 2.09. The number of aliphatic carboxylic acids is 1. The van der Waals surface area contributed by atoms with Crippen molar-refractivity contribution in [3.8, 4) is 0 Å². The van der Waals surface area contributed by atoms with Crippen LogP contribution in [0.15, 0.2) is 24.3 Å². The molecule has 3 rings (SSSR count). The molecule has 1 aromatic rings. The molecule has 2 fully saturated rings. The Labute approximate surface area is 154 Å². The Hall–Kier alpha value is -1.14. The van der Waals surface area contributed by atoms with Crippen LogP contribution in [0.5, 0.6) is 0 Å². The number of likely N-dealkylation sites (tertiary alicyclic amines) is 1. The predicted octanol–water partition coefficient (Wildman–Crippen LogP) is 2.73. The van der Waals surface area contributed by atoms with Gasteiger partial charge in [0.05, 0.1) is 13.2 Å². The van der Waals surface area contributed by atoms with Crippen LogP contribution in [0.1, 0.15) is 24.8 Å². The minimum Gasteiger partial charge on any atom is -0.481 e. The first-order valence-corrected chi connectivity index (χ1v) is 9.50. The molecule has 0 bridgehead atoms. The molecule has 0 spiro atoms. The first kappa shape index (κ1) is 18.6. The third-order valence-corrected chi connectivity index (χ3v) is 5.59. The second-order valence-electron chi connectivity index (χ2n) is 7.06. The maximum atomic E-state index is 11.1. The van der Waals surface area contributed by atoms with Gasteiger partial charge in [0.1, 0.15) is 0 Å². The standard InChI is InChI=1S/C19H27ClN2O3/c20-17-4-1-15(2-5-17)13-21-8-7-18(22-9-11-25-12-10-22)16(14-21)3-6-19(23)24/h1-2,4-5,16,18H,3,6-14H2,(H,23,24)/t16-,18+/m1/s1. The number of carboxylic acid groups (broad SMARTS) is 1. The van der Waals surface area contributed by atoms with Crippen molar-refractivity contribution in [2.24, 2.45) is 5.92 Å². The number of rotatable bonds is 6. The van der Waals surface area contributed by atoms with E-state index in [1.54, 1.807) is 0 Å². The zero-order chi connectivity index (χ0) is 17.6. The Morgan fingerprint density at radius 1 is 1.20 bits per heavy atom. The van der Waals surface area contributed by atoms with Gasteiger partial charge in [0.15, 0.2) is 0 Å². The zero-order valence-electron chi connectivity index (χ0n) is 14.6. The van der Waals surface area contributed by atoms with E-state index in [0.717, 1.165) is 63.8 Å². The topological polar surface area (TPSA) is 53.0 Å². The molecule has 1 N–H and O–H groups in total. The van der Waals surface area contributed by atoms with E-state index >= 15 is 0 Å². The van der Waals surface area contributed by atoms with E-state index in [9.17, 15) is 4.79 Å². The normalized spacial score (nSPS) is 25.8. The summed E-state index contributed by atoms with van der Waals surface area (Å²) >= 11 is 5.97. The van der Waals surface area contributed by atoms with Crippen molar-refractivity contribution in [1.29, 1.82) is 0 Å². The fraction of sp³-hybridized carbons (Fsp3) is 0.632. The third-order valence-electron chi connectivity index (χ3n) is 5.34.